The van der Waals surface area contributed by atoms with Crippen LogP contribution in [0.1, 0.15) is 4.88 Å². The van der Waals surface area contributed by atoms with Crippen molar-refractivity contribution in [3.05, 3.63) is 17.0 Å². The fraction of sp³-hybridized carbons (Fsp3) is 0.333. The summed E-state index contributed by atoms with van der Waals surface area (Å²) in [5.74, 6) is 0. The van der Waals surface area contributed by atoms with Gasteiger partial charge in [-0.05, 0) is 22.8 Å². The van der Waals surface area contributed by atoms with Crippen LogP contribution in [0.5, 0.6) is 0 Å². The molecule has 0 aliphatic heterocycles. The minimum Gasteiger partial charge on any atom is -0.375 e. The molecule has 1 rings (SSSR count). The lowest BCUT2D eigenvalue weighted by molar-refractivity contribution is 1.04. The number of nitrogens with two attached hydrogens (primary N) is 1. The van der Waals surface area contributed by atoms with Crippen LogP contribution in [0.2, 0.25) is 19.6 Å². The van der Waals surface area contributed by atoms with E-state index in [1.54, 1.807) is 17.6 Å². The molecule has 0 aromatic carbocycles. The highest BCUT2D eigenvalue weighted by molar-refractivity contribution is 7.80. The van der Waals surface area contributed by atoms with Crippen LogP contribution in [0.15, 0.2) is 17.2 Å². The van der Waals surface area contributed by atoms with Gasteiger partial charge in [0.25, 0.3) is 0 Å². The molecule has 0 radical (unpaired) electrons. The minimum absolute atomic E-state index is 0.188. The molecular formula is C9H15N3S2Si. The first kappa shape index (κ1) is 12.3. The molecule has 0 saturated carbocycles. The Bertz CT molecular complexity index is 379. The average Bonchev–Trinajstić information content (AvgIpc) is 2.51. The molecule has 0 atom stereocenters. The van der Waals surface area contributed by atoms with Gasteiger partial charge in [0.1, 0.15) is 0 Å². The maximum absolute atomic E-state index is 5.25. The standard InChI is InChI=1S/C9H15N3S2Si/c1-15(2,3)8-5-4-7(14-8)6-11-12-9(10)13/h4-6H,1-3H3,(H3,10,12,13)/b11-6+. The Morgan fingerprint density at radius 3 is 2.67 bits per heavy atom. The topological polar surface area (TPSA) is 50.4 Å². The van der Waals surface area contributed by atoms with Crippen molar-refractivity contribution in [2.75, 3.05) is 0 Å². The number of rotatable bonds is 3. The molecule has 3 N–H and O–H groups in total. The smallest absolute Gasteiger partial charge is 0.184 e. The molecule has 0 spiro atoms. The van der Waals surface area contributed by atoms with Crippen LogP contribution in [-0.2, 0) is 0 Å². The zero-order valence-corrected chi connectivity index (χ0v) is 11.7. The molecule has 1 heterocycles. The van der Waals surface area contributed by atoms with Crippen LogP contribution in [0.3, 0.4) is 0 Å². The number of thiophene rings is 1. The fourth-order valence-electron chi connectivity index (χ4n) is 0.985. The molecule has 6 heteroatoms. The van der Waals surface area contributed by atoms with Gasteiger partial charge >= 0.3 is 0 Å². The summed E-state index contributed by atoms with van der Waals surface area (Å²) in [5.41, 5.74) is 7.79. The monoisotopic (exact) mass is 257 g/mol. The summed E-state index contributed by atoms with van der Waals surface area (Å²) in [5, 5.41) is 4.11. The molecule has 0 bridgehead atoms. The van der Waals surface area contributed by atoms with Crippen molar-refractivity contribution in [2.24, 2.45) is 10.8 Å². The summed E-state index contributed by atoms with van der Waals surface area (Å²) in [7, 11) is -1.19. The Hall–Kier alpha value is -0.723. The maximum Gasteiger partial charge on any atom is 0.184 e. The number of hydrogen-bond acceptors (Lipinski definition) is 3. The Labute approximate surface area is 100 Å². The minimum atomic E-state index is -1.19. The van der Waals surface area contributed by atoms with E-state index in [1.165, 1.54) is 4.50 Å². The second-order valence-corrected chi connectivity index (χ2v) is 11.1. The highest BCUT2D eigenvalue weighted by Gasteiger charge is 2.17. The number of nitrogens with zero attached hydrogens (tertiary/aromatic N) is 1. The van der Waals surface area contributed by atoms with Crippen LogP contribution in [-0.4, -0.2) is 19.4 Å². The third kappa shape index (κ3) is 4.11. The summed E-state index contributed by atoms with van der Waals surface area (Å²) in [4.78, 5) is 1.12. The van der Waals surface area contributed by atoms with E-state index in [4.69, 9.17) is 5.73 Å². The molecule has 15 heavy (non-hydrogen) atoms. The van der Waals surface area contributed by atoms with Gasteiger partial charge in [-0.25, -0.2) is 0 Å². The summed E-state index contributed by atoms with van der Waals surface area (Å²) in [6.45, 7) is 6.98. The first-order valence-corrected chi connectivity index (χ1v) is 9.31. The van der Waals surface area contributed by atoms with E-state index in [1.807, 2.05) is 0 Å². The van der Waals surface area contributed by atoms with Crippen LogP contribution in [0.4, 0.5) is 0 Å². The third-order valence-electron chi connectivity index (χ3n) is 1.73. The van der Waals surface area contributed by atoms with Gasteiger partial charge in [0.15, 0.2) is 5.11 Å². The first-order chi connectivity index (χ1) is 6.89. The molecule has 0 aliphatic carbocycles. The first-order valence-electron chi connectivity index (χ1n) is 4.58. The SMILES string of the molecule is C[Si](C)(C)c1ccc(/C=N/NC(N)=S)s1. The van der Waals surface area contributed by atoms with Gasteiger partial charge < -0.3 is 5.73 Å². The van der Waals surface area contributed by atoms with Crippen LogP contribution in [0.25, 0.3) is 0 Å². The van der Waals surface area contributed by atoms with Crippen molar-refractivity contribution < 1.29 is 0 Å². The Kier molecular flexibility index (Phi) is 4.01. The van der Waals surface area contributed by atoms with E-state index in [0.717, 1.165) is 4.88 Å². The lowest BCUT2D eigenvalue weighted by Crippen LogP contribution is -2.34. The van der Waals surface area contributed by atoms with Gasteiger partial charge in [0, 0.05) is 4.88 Å². The molecule has 3 nitrogen and oxygen atoms in total. The molecule has 82 valence electrons. The highest BCUT2D eigenvalue weighted by Crippen LogP contribution is 2.11. The van der Waals surface area contributed by atoms with E-state index in [2.05, 4.69) is 54.5 Å². The third-order valence-corrected chi connectivity index (χ3v) is 6.45. The Morgan fingerprint density at radius 2 is 2.20 bits per heavy atom. The number of hydrazone groups is 1. The van der Waals surface area contributed by atoms with Crippen LogP contribution in [0, 0.1) is 0 Å². The molecule has 0 fully saturated rings. The molecule has 0 saturated heterocycles. The van der Waals surface area contributed by atoms with Gasteiger partial charge in [0.05, 0.1) is 14.3 Å². The van der Waals surface area contributed by atoms with Gasteiger partial charge in [-0.2, -0.15) is 5.10 Å². The number of thiocarbonyl (C=S) groups is 1. The van der Waals surface area contributed by atoms with Crippen LogP contribution < -0.4 is 15.7 Å². The summed E-state index contributed by atoms with van der Waals surface area (Å²) in [6, 6.07) is 4.25. The van der Waals surface area contributed by atoms with Gasteiger partial charge in [-0.1, -0.05) is 25.7 Å². The summed E-state index contributed by atoms with van der Waals surface area (Å²) in [6.07, 6.45) is 1.74. The van der Waals surface area contributed by atoms with Crippen molar-refractivity contribution in [1.82, 2.24) is 5.43 Å². The van der Waals surface area contributed by atoms with Crippen molar-refractivity contribution in [1.29, 1.82) is 0 Å². The Balaban J connectivity index is 2.69. The van der Waals surface area contributed by atoms with Crippen molar-refractivity contribution >= 4 is 47.5 Å². The molecule has 0 amide bonds. The molecule has 1 aromatic rings. The van der Waals surface area contributed by atoms with Gasteiger partial charge in [-0.3, -0.25) is 5.43 Å². The lowest BCUT2D eigenvalue weighted by atomic mass is 10.5. The molecule has 0 aliphatic rings. The highest BCUT2D eigenvalue weighted by atomic mass is 32.1. The average molecular weight is 257 g/mol. The van der Waals surface area contributed by atoms with E-state index in [0.29, 0.717) is 0 Å². The summed E-state index contributed by atoms with van der Waals surface area (Å²) < 4.78 is 1.47. The largest absolute Gasteiger partial charge is 0.375 e. The lowest BCUT2D eigenvalue weighted by Gasteiger charge is -2.11. The zero-order chi connectivity index (χ0) is 11.5. The normalized spacial score (nSPS) is 11.9. The van der Waals surface area contributed by atoms with Gasteiger partial charge in [-0.15, -0.1) is 11.3 Å². The number of nitrogens with one attached hydrogen (secondary N) is 1. The van der Waals surface area contributed by atoms with Crippen molar-refractivity contribution in [3.8, 4) is 0 Å². The van der Waals surface area contributed by atoms with Crippen LogP contribution >= 0.6 is 23.6 Å². The zero-order valence-electron chi connectivity index (χ0n) is 9.07. The molecular weight excluding hydrogens is 242 g/mol. The quantitative estimate of drug-likeness (QED) is 0.373. The second kappa shape index (κ2) is 4.87. The molecule has 0 unspecified atom stereocenters. The van der Waals surface area contributed by atoms with E-state index < -0.39 is 8.07 Å². The van der Waals surface area contributed by atoms with E-state index in [-0.39, 0.29) is 5.11 Å². The predicted octanol–water partition coefficient (Wildman–Crippen LogP) is 1.46. The van der Waals surface area contributed by atoms with E-state index >= 15 is 0 Å². The molecule has 1 aromatic heterocycles. The van der Waals surface area contributed by atoms with E-state index in [9.17, 15) is 0 Å². The van der Waals surface area contributed by atoms with Crippen molar-refractivity contribution in [2.45, 2.75) is 19.6 Å². The fourth-order valence-corrected chi connectivity index (χ4v) is 3.83. The second-order valence-electron chi connectivity index (χ2n) is 4.19. The van der Waals surface area contributed by atoms with Gasteiger partial charge in [0.2, 0.25) is 0 Å². The summed E-state index contributed by atoms with van der Waals surface area (Å²) >= 11 is 6.42. The predicted molar refractivity (Wildman–Crippen MR) is 74.8 cm³/mol. The Morgan fingerprint density at radius 1 is 1.53 bits per heavy atom. The maximum atomic E-state index is 5.25. The number of hydrogen-bond donors (Lipinski definition) is 2. The van der Waals surface area contributed by atoms with Crippen molar-refractivity contribution in [3.63, 3.8) is 0 Å².